The van der Waals surface area contributed by atoms with Gasteiger partial charge < -0.3 is 20.5 Å². The Labute approximate surface area is 133 Å². The fourth-order valence-corrected chi connectivity index (χ4v) is 1.94. The maximum Gasteiger partial charge on any atom is 0.155 e. The van der Waals surface area contributed by atoms with Gasteiger partial charge in [-0.25, -0.2) is 0 Å². The molecular weight excluding hydrogens is 280 g/mol. The Morgan fingerprint density at radius 2 is 2.09 bits per heavy atom. The highest BCUT2D eigenvalue weighted by molar-refractivity contribution is 5.76. The molecule has 1 aromatic rings. The Morgan fingerprint density at radius 1 is 1.32 bits per heavy atom. The quantitative estimate of drug-likeness (QED) is 0.484. The first-order valence-electron chi connectivity index (χ1n) is 7.84. The zero-order valence-corrected chi connectivity index (χ0v) is 13.9. The number of nitrogens with one attached hydrogen (secondary N) is 1. The van der Waals surface area contributed by atoms with Crippen LogP contribution in [0.1, 0.15) is 32.8 Å². The van der Waals surface area contributed by atoms with E-state index in [0.29, 0.717) is 31.4 Å². The molecule has 0 bridgehead atoms. The molecule has 22 heavy (non-hydrogen) atoms. The van der Waals surface area contributed by atoms with E-state index in [2.05, 4.69) is 19.2 Å². The number of Topliss-reactive ketones (excluding diaryl/α,β-unsaturated/α-hetero) is 1. The standard InChI is InChI=1S/C17H28N2O3/c1-4-13(2)19-6-8-22-17-10-15(9-16(18)11-17)5-7-21-12-14(3)20/h9-11,13,19H,4-8,12,18H2,1-3H3. The minimum Gasteiger partial charge on any atom is -0.492 e. The highest BCUT2D eigenvalue weighted by Crippen LogP contribution is 2.19. The second-order valence-corrected chi connectivity index (χ2v) is 5.53. The van der Waals surface area contributed by atoms with E-state index in [1.54, 1.807) is 0 Å². The van der Waals surface area contributed by atoms with Gasteiger partial charge in [0.25, 0.3) is 0 Å². The second kappa shape index (κ2) is 10.2. The first-order chi connectivity index (χ1) is 10.5. The normalized spacial score (nSPS) is 12.1. The summed E-state index contributed by atoms with van der Waals surface area (Å²) < 4.78 is 11.0. The maximum absolute atomic E-state index is 10.8. The summed E-state index contributed by atoms with van der Waals surface area (Å²) in [5, 5.41) is 3.38. The summed E-state index contributed by atoms with van der Waals surface area (Å²) in [6, 6.07) is 6.19. The molecule has 0 aliphatic rings. The summed E-state index contributed by atoms with van der Waals surface area (Å²) in [5.41, 5.74) is 7.62. The molecule has 0 heterocycles. The van der Waals surface area contributed by atoms with Crippen LogP contribution in [0.2, 0.25) is 0 Å². The van der Waals surface area contributed by atoms with Gasteiger partial charge >= 0.3 is 0 Å². The average molecular weight is 308 g/mol. The lowest BCUT2D eigenvalue weighted by Gasteiger charge is -2.13. The van der Waals surface area contributed by atoms with Crippen LogP contribution in [0.25, 0.3) is 0 Å². The molecule has 0 amide bonds. The van der Waals surface area contributed by atoms with E-state index in [-0.39, 0.29) is 12.4 Å². The molecule has 0 aromatic heterocycles. The van der Waals surface area contributed by atoms with Crippen LogP contribution in [-0.4, -0.2) is 38.2 Å². The summed E-state index contributed by atoms with van der Waals surface area (Å²) in [5.74, 6) is 0.804. The number of hydrogen-bond acceptors (Lipinski definition) is 5. The van der Waals surface area contributed by atoms with Crippen molar-refractivity contribution in [1.82, 2.24) is 5.32 Å². The van der Waals surface area contributed by atoms with Crippen molar-refractivity contribution < 1.29 is 14.3 Å². The molecule has 124 valence electrons. The largest absolute Gasteiger partial charge is 0.492 e. The van der Waals surface area contributed by atoms with E-state index in [1.165, 1.54) is 6.92 Å². The fraction of sp³-hybridized carbons (Fsp3) is 0.588. The molecule has 0 spiro atoms. The number of anilines is 1. The molecule has 5 nitrogen and oxygen atoms in total. The van der Waals surface area contributed by atoms with Gasteiger partial charge in [0, 0.05) is 24.3 Å². The Morgan fingerprint density at radius 3 is 2.77 bits per heavy atom. The van der Waals surface area contributed by atoms with Gasteiger partial charge in [-0.3, -0.25) is 4.79 Å². The van der Waals surface area contributed by atoms with E-state index in [9.17, 15) is 4.79 Å². The van der Waals surface area contributed by atoms with Gasteiger partial charge in [0.15, 0.2) is 5.78 Å². The Kier molecular flexibility index (Phi) is 8.55. The van der Waals surface area contributed by atoms with Gasteiger partial charge in [0.05, 0.1) is 6.61 Å². The van der Waals surface area contributed by atoms with Gasteiger partial charge in [0.1, 0.15) is 19.0 Å². The predicted octanol–water partition coefficient (Wildman–Crippen LogP) is 2.18. The zero-order chi connectivity index (χ0) is 16.4. The van der Waals surface area contributed by atoms with Crippen LogP contribution < -0.4 is 15.8 Å². The average Bonchev–Trinajstić information content (AvgIpc) is 2.47. The summed E-state index contributed by atoms with van der Waals surface area (Å²) in [6.07, 6.45) is 1.81. The van der Waals surface area contributed by atoms with Gasteiger partial charge in [-0.2, -0.15) is 0 Å². The first kappa shape index (κ1) is 18.5. The summed E-state index contributed by atoms with van der Waals surface area (Å²) in [7, 11) is 0. The number of carbonyl (C=O) groups is 1. The molecule has 0 radical (unpaired) electrons. The monoisotopic (exact) mass is 308 g/mol. The van der Waals surface area contributed by atoms with Gasteiger partial charge in [-0.15, -0.1) is 0 Å². The van der Waals surface area contributed by atoms with Crippen molar-refractivity contribution in [2.24, 2.45) is 0 Å². The molecule has 3 N–H and O–H groups in total. The highest BCUT2D eigenvalue weighted by atomic mass is 16.5. The van der Waals surface area contributed by atoms with Crippen molar-refractivity contribution in [3.8, 4) is 5.75 Å². The molecule has 5 heteroatoms. The van der Waals surface area contributed by atoms with Crippen LogP contribution >= 0.6 is 0 Å². The van der Waals surface area contributed by atoms with Crippen molar-refractivity contribution in [2.45, 2.75) is 39.7 Å². The number of benzene rings is 1. The van der Waals surface area contributed by atoms with Crippen LogP contribution in [-0.2, 0) is 16.0 Å². The SMILES string of the molecule is CCC(C)NCCOc1cc(N)cc(CCOCC(C)=O)c1. The molecule has 1 atom stereocenters. The molecule has 0 saturated heterocycles. The number of ketones is 1. The molecule has 1 aromatic carbocycles. The Balaban J connectivity index is 2.39. The lowest BCUT2D eigenvalue weighted by molar-refractivity contribution is -0.121. The minimum absolute atomic E-state index is 0.0328. The minimum atomic E-state index is 0.0328. The first-order valence-corrected chi connectivity index (χ1v) is 7.84. The number of carbonyl (C=O) groups excluding carboxylic acids is 1. The third kappa shape index (κ3) is 8.00. The number of nitrogens with two attached hydrogens (primary N) is 1. The highest BCUT2D eigenvalue weighted by Gasteiger charge is 2.02. The van der Waals surface area contributed by atoms with Crippen LogP contribution in [0.4, 0.5) is 5.69 Å². The smallest absolute Gasteiger partial charge is 0.155 e. The molecule has 0 aliphatic carbocycles. The topological polar surface area (TPSA) is 73.6 Å². The lowest BCUT2D eigenvalue weighted by Crippen LogP contribution is -2.29. The van der Waals surface area contributed by atoms with Crippen LogP contribution in [0.5, 0.6) is 5.75 Å². The fourth-order valence-electron chi connectivity index (χ4n) is 1.94. The third-order valence-electron chi connectivity index (χ3n) is 3.31. The van der Waals surface area contributed by atoms with E-state index in [1.807, 2.05) is 18.2 Å². The summed E-state index contributed by atoms with van der Waals surface area (Å²) in [6.45, 7) is 7.89. The number of nitrogen functional groups attached to an aromatic ring is 1. The molecule has 0 fully saturated rings. The predicted molar refractivity (Wildman–Crippen MR) is 89.3 cm³/mol. The molecule has 0 aliphatic heterocycles. The van der Waals surface area contributed by atoms with Crippen LogP contribution in [0, 0.1) is 0 Å². The van der Waals surface area contributed by atoms with E-state index in [0.717, 1.165) is 24.3 Å². The van der Waals surface area contributed by atoms with Crippen molar-refractivity contribution >= 4 is 11.5 Å². The maximum atomic E-state index is 10.8. The van der Waals surface area contributed by atoms with Crippen molar-refractivity contribution in [3.63, 3.8) is 0 Å². The molecule has 1 unspecified atom stereocenters. The van der Waals surface area contributed by atoms with Gasteiger partial charge in [-0.1, -0.05) is 6.92 Å². The number of rotatable bonds is 11. The van der Waals surface area contributed by atoms with Crippen molar-refractivity contribution in [1.29, 1.82) is 0 Å². The van der Waals surface area contributed by atoms with Crippen LogP contribution in [0.3, 0.4) is 0 Å². The van der Waals surface area contributed by atoms with Crippen LogP contribution in [0.15, 0.2) is 18.2 Å². The van der Waals surface area contributed by atoms with Gasteiger partial charge in [0.2, 0.25) is 0 Å². The number of hydrogen-bond donors (Lipinski definition) is 2. The van der Waals surface area contributed by atoms with E-state index >= 15 is 0 Å². The van der Waals surface area contributed by atoms with E-state index < -0.39 is 0 Å². The zero-order valence-electron chi connectivity index (χ0n) is 13.9. The number of ether oxygens (including phenoxy) is 2. The Hall–Kier alpha value is -1.59. The van der Waals surface area contributed by atoms with Gasteiger partial charge in [-0.05, 0) is 44.4 Å². The van der Waals surface area contributed by atoms with Crippen molar-refractivity contribution in [2.75, 3.05) is 32.1 Å². The lowest BCUT2D eigenvalue weighted by atomic mass is 10.1. The molecular formula is C17H28N2O3. The second-order valence-electron chi connectivity index (χ2n) is 5.53. The summed E-state index contributed by atoms with van der Waals surface area (Å²) in [4.78, 5) is 10.8. The van der Waals surface area contributed by atoms with Crippen molar-refractivity contribution in [3.05, 3.63) is 23.8 Å². The third-order valence-corrected chi connectivity index (χ3v) is 3.31. The molecule has 1 rings (SSSR count). The van der Waals surface area contributed by atoms with E-state index in [4.69, 9.17) is 15.2 Å². The molecule has 0 saturated carbocycles. The summed E-state index contributed by atoms with van der Waals surface area (Å²) >= 11 is 0. The Bertz CT molecular complexity index is 463.